The maximum Gasteiger partial charge on any atom is 0.338 e. The molecule has 4 aliphatic carbocycles. The van der Waals surface area contributed by atoms with Gasteiger partial charge in [0.1, 0.15) is 6.10 Å². The summed E-state index contributed by atoms with van der Waals surface area (Å²) >= 11 is 3.40. The van der Waals surface area contributed by atoms with Crippen molar-refractivity contribution in [2.45, 2.75) is 18.9 Å². The number of benzene rings is 1. The van der Waals surface area contributed by atoms with E-state index >= 15 is 0 Å². The summed E-state index contributed by atoms with van der Waals surface area (Å²) in [5.74, 6) is 3.27. The van der Waals surface area contributed by atoms with Gasteiger partial charge in [0.05, 0.1) is 5.56 Å². The summed E-state index contributed by atoms with van der Waals surface area (Å²) in [7, 11) is 0. The zero-order valence-electron chi connectivity index (χ0n) is 12.8. The van der Waals surface area contributed by atoms with Gasteiger partial charge in [0.15, 0.2) is 0 Å². The molecule has 7 atom stereocenters. The van der Waals surface area contributed by atoms with E-state index in [4.69, 9.17) is 4.74 Å². The van der Waals surface area contributed by atoms with Crippen LogP contribution in [0.15, 0.2) is 53.0 Å². The van der Waals surface area contributed by atoms with Gasteiger partial charge in [0.25, 0.3) is 0 Å². The van der Waals surface area contributed by atoms with E-state index in [0.29, 0.717) is 41.1 Å². The number of ether oxygens (including phenoxy) is 1. The van der Waals surface area contributed by atoms with Crippen LogP contribution in [0.1, 0.15) is 23.2 Å². The first-order valence-electron chi connectivity index (χ1n) is 8.49. The van der Waals surface area contributed by atoms with Gasteiger partial charge < -0.3 is 4.74 Å². The number of esters is 1. The van der Waals surface area contributed by atoms with Gasteiger partial charge >= 0.3 is 5.97 Å². The van der Waals surface area contributed by atoms with E-state index in [1.165, 1.54) is 18.4 Å². The highest BCUT2D eigenvalue weighted by atomic mass is 79.9. The maximum atomic E-state index is 12.5. The number of allylic oxidation sites excluding steroid dienone is 1. The van der Waals surface area contributed by atoms with Crippen LogP contribution in [0.5, 0.6) is 0 Å². The van der Waals surface area contributed by atoms with E-state index in [2.05, 4.69) is 34.7 Å². The summed E-state index contributed by atoms with van der Waals surface area (Å²) in [4.78, 5) is 12.5. The van der Waals surface area contributed by atoms with Crippen LogP contribution in [0, 0.1) is 35.5 Å². The van der Waals surface area contributed by atoms with Crippen molar-refractivity contribution in [3.05, 3.63) is 58.6 Å². The molecule has 0 amide bonds. The van der Waals surface area contributed by atoms with Crippen molar-refractivity contribution < 1.29 is 9.53 Å². The molecule has 0 aliphatic heterocycles. The van der Waals surface area contributed by atoms with Crippen LogP contribution >= 0.6 is 15.9 Å². The molecule has 1 unspecified atom stereocenters. The fourth-order valence-corrected chi connectivity index (χ4v) is 6.10. The summed E-state index contributed by atoms with van der Waals surface area (Å²) < 4.78 is 6.95. The predicted molar refractivity (Wildman–Crippen MR) is 91.8 cm³/mol. The van der Waals surface area contributed by atoms with Gasteiger partial charge in [-0.3, -0.25) is 0 Å². The monoisotopic (exact) mass is 370 g/mol. The zero-order valence-corrected chi connectivity index (χ0v) is 14.4. The molecule has 4 bridgehead atoms. The van der Waals surface area contributed by atoms with E-state index in [1.807, 2.05) is 24.3 Å². The molecule has 0 radical (unpaired) electrons. The van der Waals surface area contributed by atoms with E-state index in [0.717, 1.165) is 4.47 Å². The van der Waals surface area contributed by atoms with Crippen molar-refractivity contribution in [3.8, 4) is 0 Å². The quantitative estimate of drug-likeness (QED) is 0.431. The molecule has 2 nitrogen and oxygen atoms in total. The Morgan fingerprint density at radius 3 is 2.17 bits per heavy atom. The number of halogens is 1. The topological polar surface area (TPSA) is 26.3 Å². The highest BCUT2D eigenvalue weighted by Crippen LogP contribution is 2.67. The van der Waals surface area contributed by atoms with E-state index in [-0.39, 0.29) is 12.1 Å². The van der Waals surface area contributed by atoms with Crippen LogP contribution in [-0.2, 0) is 4.74 Å². The minimum absolute atomic E-state index is 0.0392. The number of hydrogen-bond donors (Lipinski definition) is 0. The van der Waals surface area contributed by atoms with E-state index in [1.54, 1.807) is 0 Å². The number of fused-ring (bicyclic) bond motifs is 9. The fourth-order valence-electron chi connectivity index (χ4n) is 5.83. The lowest BCUT2D eigenvalue weighted by atomic mass is 9.73. The molecule has 0 heterocycles. The van der Waals surface area contributed by atoms with Crippen molar-refractivity contribution in [1.29, 1.82) is 0 Å². The number of hydrogen-bond acceptors (Lipinski definition) is 2. The Balaban J connectivity index is 1.39. The number of rotatable bonds is 2. The molecule has 118 valence electrons. The summed E-state index contributed by atoms with van der Waals surface area (Å²) in [5, 5.41) is 0. The Kier molecular flexibility index (Phi) is 2.94. The van der Waals surface area contributed by atoms with Gasteiger partial charge in [-0.15, -0.1) is 0 Å². The van der Waals surface area contributed by atoms with Crippen LogP contribution in [-0.4, -0.2) is 12.1 Å². The largest absolute Gasteiger partial charge is 0.458 e. The van der Waals surface area contributed by atoms with Crippen molar-refractivity contribution in [2.24, 2.45) is 35.5 Å². The molecule has 5 rings (SSSR count). The highest BCUT2D eigenvalue weighted by Gasteiger charge is 2.64. The molecule has 3 fully saturated rings. The molecule has 3 heteroatoms. The summed E-state index contributed by atoms with van der Waals surface area (Å²) in [5.41, 5.74) is 2.12. The first-order valence-corrected chi connectivity index (χ1v) is 9.28. The van der Waals surface area contributed by atoms with Crippen LogP contribution in [0.3, 0.4) is 0 Å². The molecule has 3 saturated carbocycles. The fraction of sp³-hybridized carbons (Fsp3) is 0.450. The Labute approximate surface area is 144 Å². The molecule has 0 saturated heterocycles. The first-order chi connectivity index (χ1) is 11.1. The molecule has 1 aromatic carbocycles. The third kappa shape index (κ3) is 1.83. The normalized spacial score (nSPS) is 42.3. The van der Waals surface area contributed by atoms with Gasteiger partial charge in [-0.2, -0.15) is 0 Å². The van der Waals surface area contributed by atoms with Gasteiger partial charge in [-0.1, -0.05) is 40.2 Å². The van der Waals surface area contributed by atoms with Gasteiger partial charge in [0.2, 0.25) is 0 Å². The average molecular weight is 371 g/mol. The van der Waals surface area contributed by atoms with Crippen LogP contribution in [0.2, 0.25) is 0 Å². The molecular weight excluding hydrogens is 352 g/mol. The molecule has 0 aromatic heterocycles. The Hall–Kier alpha value is -1.35. The molecule has 23 heavy (non-hydrogen) atoms. The average Bonchev–Trinajstić information content (AvgIpc) is 3.27. The predicted octanol–water partition coefficient (Wildman–Crippen LogP) is 4.62. The van der Waals surface area contributed by atoms with Crippen molar-refractivity contribution in [1.82, 2.24) is 0 Å². The zero-order chi connectivity index (χ0) is 15.7. The SMILES string of the molecule is C=C1[C@H]2CC[C@@H]1[C@@H]1[C@H]2[C@@H]2C=C[C@H]1C2OC(=O)c1ccc(Br)cc1. The Morgan fingerprint density at radius 2 is 1.61 bits per heavy atom. The molecule has 1 aromatic rings. The van der Waals surface area contributed by atoms with Gasteiger partial charge in [-0.05, 0) is 60.8 Å². The van der Waals surface area contributed by atoms with Crippen LogP contribution < -0.4 is 0 Å². The highest BCUT2D eigenvalue weighted by molar-refractivity contribution is 9.10. The van der Waals surface area contributed by atoms with Crippen molar-refractivity contribution in [3.63, 3.8) is 0 Å². The molecular formula is C20H19BrO2. The van der Waals surface area contributed by atoms with Gasteiger partial charge in [0, 0.05) is 16.3 Å². The number of carbonyl (C=O) groups is 1. The third-order valence-electron chi connectivity index (χ3n) is 6.64. The number of carbonyl (C=O) groups excluding carboxylic acids is 1. The minimum atomic E-state index is -0.188. The molecule has 0 N–H and O–H groups in total. The molecule has 4 aliphatic rings. The van der Waals surface area contributed by atoms with Gasteiger partial charge in [-0.25, -0.2) is 4.79 Å². The second-order valence-electron chi connectivity index (χ2n) is 7.44. The minimum Gasteiger partial charge on any atom is -0.458 e. The lowest BCUT2D eigenvalue weighted by Crippen LogP contribution is -2.26. The van der Waals surface area contributed by atoms with Crippen LogP contribution in [0.4, 0.5) is 0 Å². The lowest BCUT2D eigenvalue weighted by Gasteiger charge is -2.30. The second-order valence-corrected chi connectivity index (χ2v) is 8.35. The van der Waals surface area contributed by atoms with Crippen molar-refractivity contribution in [2.75, 3.05) is 0 Å². The maximum absolute atomic E-state index is 12.5. The summed E-state index contributed by atoms with van der Waals surface area (Å²) in [6.07, 6.45) is 7.22. The van der Waals surface area contributed by atoms with E-state index in [9.17, 15) is 4.79 Å². The summed E-state index contributed by atoms with van der Waals surface area (Å²) in [6.45, 7) is 4.36. The summed E-state index contributed by atoms with van der Waals surface area (Å²) in [6, 6.07) is 7.42. The lowest BCUT2D eigenvalue weighted by molar-refractivity contribution is 0.0173. The van der Waals surface area contributed by atoms with E-state index < -0.39 is 0 Å². The van der Waals surface area contributed by atoms with Crippen molar-refractivity contribution >= 4 is 21.9 Å². The standard InChI is InChI=1S/C20H19BrO2/c1-10-13-6-7-14(10)18-16-9-8-15(17(13)18)19(16)23-20(22)11-2-4-12(21)5-3-11/h2-5,8-9,13-19H,1,6-7H2/t13-,14+,15+,16-,17-,18+,19?. The Bertz CT molecular complexity index is 690. The second kappa shape index (κ2) is 4.83. The first kappa shape index (κ1) is 14.0. The Morgan fingerprint density at radius 1 is 1.04 bits per heavy atom. The third-order valence-corrected chi connectivity index (χ3v) is 7.17. The smallest absolute Gasteiger partial charge is 0.338 e. The molecule has 0 spiro atoms. The van der Waals surface area contributed by atoms with Crippen LogP contribution in [0.25, 0.3) is 0 Å².